The number of carbonyl (C=O) groups is 1. The lowest BCUT2D eigenvalue weighted by Crippen LogP contribution is -2.25. The molecule has 0 spiro atoms. The summed E-state index contributed by atoms with van der Waals surface area (Å²) in [6, 6.07) is 18.0. The highest BCUT2D eigenvalue weighted by molar-refractivity contribution is 6.30. The Morgan fingerprint density at radius 1 is 1.14 bits per heavy atom. The molecule has 2 aromatic carbocycles. The molecule has 2 N–H and O–H groups in total. The fourth-order valence-electron chi connectivity index (χ4n) is 3.16. The summed E-state index contributed by atoms with van der Waals surface area (Å²) in [4.78, 5) is 11.8. The van der Waals surface area contributed by atoms with Crippen LogP contribution in [0.25, 0.3) is 0 Å². The first kappa shape index (κ1) is 14.9. The second-order valence-corrected chi connectivity index (χ2v) is 6.22. The van der Waals surface area contributed by atoms with Crippen molar-refractivity contribution in [3.8, 4) is 0 Å². The standard InChI is InChI=1S/C19H18ClNO/c20-16-8-4-7-15(12-16)17-10-14(11-18(17)19(21)22)9-13-5-2-1-3-6-13/h1-8,10,12,17-18H,9,11H2,(H2,21,22)/t17-,18-/m0/s1. The van der Waals surface area contributed by atoms with E-state index in [9.17, 15) is 4.79 Å². The molecule has 0 saturated heterocycles. The number of amides is 1. The van der Waals surface area contributed by atoms with Crippen molar-refractivity contribution in [3.63, 3.8) is 0 Å². The number of hydrogen-bond donors (Lipinski definition) is 1. The summed E-state index contributed by atoms with van der Waals surface area (Å²) in [5.74, 6) is -0.406. The summed E-state index contributed by atoms with van der Waals surface area (Å²) in [6.07, 6.45) is 3.77. The van der Waals surface area contributed by atoms with Crippen LogP contribution >= 0.6 is 11.6 Å². The van der Waals surface area contributed by atoms with Crippen LogP contribution in [-0.4, -0.2) is 5.91 Å². The van der Waals surface area contributed by atoms with Gasteiger partial charge in [-0.3, -0.25) is 4.79 Å². The molecule has 0 fully saturated rings. The lowest BCUT2D eigenvalue weighted by Gasteiger charge is -2.16. The van der Waals surface area contributed by atoms with Crippen LogP contribution in [-0.2, 0) is 11.2 Å². The Bertz CT molecular complexity index is 708. The van der Waals surface area contributed by atoms with E-state index >= 15 is 0 Å². The van der Waals surface area contributed by atoms with Gasteiger partial charge >= 0.3 is 0 Å². The molecule has 0 radical (unpaired) electrons. The average Bonchev–Trinajstić information content (AvgIpc) is 2.92. The van der Waals surface area contributed by atoms with Gasteiger partial charge < -0.3 is 5.73 Å². The number of hydrogen-bond acceptors (Lipinski definition) is 1. The van der Waals surface area contributed by atoms with Crippen LogP contribution in [0.15, 0.2) is 66.2 Å². The molecule has 3 rings (SSSR count). The van der Waals surface area contributed by atoms with Crippen molar-refractivity contribution in [2.75, 3.05) is 0 Å². The molecule has 0 unspecified atom stereocenters. The van der Waals surface area contributed by atoms with Gasteiger partial charge in [0.15, 0.2) is 0 Å². The molecule has 1 amide bonds. The van der Waals surface area contributed by atoms with E-state index in [0.717, 1.165) is 18.4 Å². The van der Waals surface area contributed by atoms with Gasteiger partial charge in [0.05, 0.1) is 5.92 Å². The van der Waals surface area contributed by atoms with Crippen molar-refractivity contribution in [1.82, 2.24) is 0 Å². The van der Waals surface area contributed by atoms with E-state index < -0.39 is 0 Å². The third kappa shape index (κ3) is 3.23. The summed E-state index contributed by atoms with van der Waals surface area (Å²) in [5, 5.41) is 0.686. The largest absolute Gasteiger partial charge is 0.369 e. The van der Waals surface area contributed by atoms with Crippen molar-refractivity contribution in [3.05, 3.63) is 82.4 Å². The fourth-order valence-corrected chi connectivity index (χ4v) is 3.36. The minimum Gasteiger partial charge on any atom is -0.369 e. The molecule has 0 saturated carbocycles. The van der Waals surface area contributed by atoms with Crippen LogP contribution in [0, 0.1) is 5.92 Å². The van der Waals surface area contributed by atoms with E-state index in [1.54, 1.807) is 0 Å². The number of benzene rings is 2. The van der Waals surface area contributed by atoms with E-state index in [1.807, 2.05) is 42.5 Å². The summed E-state index contributed by atoms with van der Waals surface area (Å²) >= 11 is 6.08. The molecular formula is C19H18ClNO. The van der Waals surface area contributed by atoms with E-state index in [0.29, 0.717) is 5.02 Å². The van der Waals surface area contributed by atoms with E-state index in [2.05, 4.69) is 18.2 Å². The van der Waals surface area contributed by atoms with E-state index in [4.69, 9.17) is 17.3 Å². The molecule has 1 aliphatic rings. The maximum absolute atomic E-state index is 11.8. The minimum atomic E-state index is -0.246. The summed E-state index contributed by atoms with van der Waals surface area (Å²) in [6.45, 7) is 0. The maximum Gasteiger partial charge on any atom is 0.221 e. The number of nitrogens with two attached hydrogens (primary N) is 1. The molecule has 22 heavy (non-hydrogen) atoms. The van der Waals surface area contributed by atoms with Crippen molar-refractivity contribution >= 4 is 17.5 Å². The lowest BCUT2D eigenvalue weighted by molar-refractivity contribution is -0.121. The van der Waals surface area contributed by atoms with Crippen LogP contribution in [0.3, 0.4) is 0 Å². The van der Waals surface area contributed by atoms with Crippen molar-refractivity contribution < 1.29 is 4.79 Å². The zero-order chi connectivity index (χ0) is 15.5. The summed E-state index contributed by atoms with van der Waals surface area (Å²) in [7, 11) is 0. The van der Waals surface area contributed by atoms with Crippen molar-refractivity contribution in [2.24, 2.45) is 11.7 Å². The first-order valence-corrected chi connectivity index (χ1v) is 7.79. The van der Waals surface area contributed by atoms with E-state index in [-0.39, 0.29) is 17.7 Å². The average molecular weight is 312 g/mol. The quantitative estimate of drug-likeness (QED) is 0.849. The predicted molar refractivity (Wildman–Crippen MR) is 89.7 cm³/mol. The van der Waals surface area contributed by atoms with Gasteiger partial charge in [-0.15, -0.1) is 0 Å². The highest BCUT2D eigenvalue weighted by Gasteiger charge is 2.32. The Kier molecular flexibility index (Phi) is 4.30. The van der Waals surface area contributed by atoms with Crippen LogP contribution < -0.4 is 5.73 Å². The van der Waals surface area contributed by atoms with Gasteiger partial charge in [0.2, 0.25) is 5.91 Å². The second-order valence-electron chi connectivity index (χ2n) is 5.78. The van der Waals surface area contributed by atoms with Crippen molar-refractivity contribution in [2.45, 2.75) is 18.8 Å². The molecule has 1 aliphatic carbocycles. The molecule has 3 heteroatoms. The van der Waals surface area contributed by atoms with Gasteiger partial charge in [-0.25, -0.2) is 0 Å². The van der Waals surface area contributed by atoms with Gasteiger partial charge in [0, 0.05) is 10.9 Å². The molecule has 0 heterocycles. The van der Waals surface area contributed by atoms with E-state index in [1.165, 1.54) is 11.1 Å². The normalized spacial score (nSPS) is 20.7. The van der Waals surface area contributed by atoms with Crippen LogP contribution in [0.5, 0.6) is 0 Å². The predicted octanol–water partition coefficient (Wildman–Crippen LogP) is 4.10. The van der Waals surface area contributed by atoms with Gasteiger partial charge in [-0.05, 0) is 36.1 Å². The third-order valence-electron chi connectivity index (χ3n) is 4.20. The molecule has 0 aromatic heterocycles. The van der Waals surface area contributed by atoms with Gasteiger partial charge in [-0.2, -0.15) is 0 Å². The summed E-state index contributed by atoms with van der Waals surface area (Å²) < 4.78 is 0. The Labute approximate surface area is 135 Å². The first-order valence-electron chi connectivity index (χ1n) is 7.42. The number of primary amides is 1. The number of carbonyl (C=O) groups excluding carboxylic acids is 1. The Hall–Kier alpha value is -2.06. The molecule has 2 atom stereocenters. The monoisotopic (exact) mass is 311 g/mol. The van der Waals surface area contributed by atoms with Gasteiger partial charge in [0.1, 0.15) is 0 Å². The van der Waals surface area contributed by atoms with Crippen molar-refractivity contribution in [1.29, 1.82) is 0 Å². The fraction of sp³-hybridized carbons (Fsp3) is 0.211. The lowest BCUT2D eigenvalue weighted by atomic mass is 9.88. The van der Waals surface area contributed by atoms with Gasteiger partial charge in [0.25, 0.3) is 0 Å². The first-order chi connectivity index (χ1) is 10.6. The topological polar surface area (TPSA) is 43.1 Å². The minimum absolute atomic E-state index is 0.0231. The Morgan fingerprint density at radius 3 is 2.59 bits per heavy atom. The number of allylic oxidation sites excluding steroid dienone is 2. The second kappa shape index (κ2) is 6.37. The molecule has 2 aromatic rings. The maximum atomic E-state index is 11.8. The smallest absolute Gasteiger partial charge is 0.221 e. The molecule has 112 valence electrons. The zero-order valence-electron chi connectivity index (χ0n) is 12.2. The highest BCUT2D eigenvalue weighted by atomic mass is 35.5. The zero-order valence-corrected chi connectivity index (χ0v) is 13.0. The molecule has 2 nitrogen and oxygen atoms in total. The Morgan fingerprint density at radius 2 is 1.91 bits per heavy atom. The third-order valence-corrected chi connectivity index (χ3v) is 4.44. The summed E-state index contributed by atoms with van der Waals surface area (Å²) in [5.41, 5.74) is 9.19. The number of rotatable bonds is 4. The SMILES string of the molecule is NC(=O)[C@H]1CC(Cc2ccccc2)=C[C@H]1c1cccc(Cl)c1. The highest BCUT2D eigenvalue weighted by Crippen LogP contribution is 2.39. The Balaban J connectivity index is 1.87. The van der Waals surface area contributed by atoms with Crippen LogP contribution in [0.1, 0.15) is 23.5 Å². The molecule has 0 bridgehead atoms. The van der Waals surface area contributed by atoms with Crippen LogP contribution in [0.2, 0.25) is 5.02 Å². The van der Waals surface area contributed by atoms with Crippen LogP contribution in [0.4, 0.5) is 0 Å². The number of halogens is 1. The molecule has 0 aliphatic heterocycles. The van der Waals surface area contributed by atoms with Gasteiger partial charge in [-0.1, -0.05) is 65.7 Å². The molecular weight excluding hydrogens is 294 g/mol.